The Morgan fingerprint density at radius 2 is 1.54 bits per heavy atom. The largest absolute Gasteiger partial charge is 0.478 e. The summed E-state index contributed by atoms with van der Waals surface area (Å²) in [5, 5.41) is 19.0. The summed E-state index contributed by atoms with van der Waals surface area (Å²) in [7, 11) is 0. The maximum absolute atomic E-state index is 11.4. The van der Waals surface area contributed by atoms with Crippen molar-refractivity contribution in [2.75, 3.05) is 0 Å². The van der Waals surface area contributed by atoms with Gasteiger partial charge >= 0.3 is 5.97 Å². The number of fused-ring (bicyclic) bond motifs is 2. The predicted molar refractivity (Wildman–Crippen MR) is 137 cm³/mol. The minimum atomic E-state index is -0.823. The minimum Gasteiger partial charge on any atom is -0.478 e. The highest BCUT2D eigenvalue weighted by atomic mass is 16.4. The number of carboxylic acid groups (broad SMARTS) is 1. The number of aliphatic carboxylic acids is 1. The van der Waals surface area contributed by atoms with E-state index >= 15 is 0 Å². The Bertz CT molecular complexity index is 1570. The molecule has 3 aromatic heterocycles. The van der Waals surface area contributed by atoms with Crippen LogP contribution < -0.4 is 0 Å². The number of allylic oxidation sites excluding steroid dienone is 1. The topological polar surface area (TPSA) is 115 Å². The molecule has 0 unspecified atom stereocenters. The summed E-state index contributed by atoms with van der Waals surface area (Å²) in [5.41, 5.74) is 6.93. The highest BCUT2D eigenvalue weighted by molar-refractivity contribution is 6.06. The fourth-order valence-electron chi connectivity index (χ4n) is 4.70. The van der Waals surface area contributed by atoms with Crippen molar-refractivity contribution in [3.63, 3.8) is 0 Å². The average Bonchev–Trinajstić information content (AvgIpc) is 3.62. The van der Waals surface area contributed by atoms with Crippen molar-refractivity contribution in [1.82, 2.24) is 20.2 Å². The second-order valence-electron chi connectivity index (χ2n) is 8.69. The van der Waals surface area contributed by atoms with Crippen LogP contribution in [0.15, 0.2) is 72.6 Å². The number of hydrogen-bond donors (Lipinski definition) is 4. The molecule has 0 fully saturated rings. The lowest BCUT2D eigenvalue weighted by Crippen LogP contribution is -2.08. The van der Waals surface area contributed by atoms with Gasteiger partial charge in [0.05, 0.1) is 11.4 Å². The molecule has 1 aliphatic carbocycles. The summed E-state index contributed by atoms with van der Waals surface area (Å²) in [6.45, 7) is 1.58. The first-order chi connectivity index (χ1) is 17.0. The molecule has 0 aliphatic heterocycles. The molecule has 0 atom stereocenters. The maximum Gasteiger partial charge on any atom is 0.331 e. The number of para-hydroxylation sites is 2. The number of carbonyl (C=O) groups excluding carboxylic acids is 1. The molecular weight excluding hydrogens is 440 g/mol. The Labute approximate surface area is 201 Å². The van der Waals surface area contributed by atoms with E-state index in [2.05, 4.69) is 26.2 Å². The van der Waals surface area contributed by atoms with Gasteiger partial charge in [-0.05, 0) is 56.4 Å². The number of aromatic amines is 3. The van der Waals surface area contributed by atoms with E-state index in [4.69, 9.17) is 0 Å². The van der Waals surface area contributed by atoms with Crippen molar-refractivity contribution in [1.29, 1.82) is 0 Å². The summed E-state index contributed by atoms with van der Waals surface area (Å²) in [6, 6.07) is 17.8. The number of H-pyrrole nitrogens is 3. The van der Waals surface area contributed by atoms with E-state index in [1.165, 1.54) is 0 Å². The first-order valence-corrected chi connectivity index (χ1v) is 11.7. The number of Topliss-reactive ketones (excluding diaryl/α,β-unsaturated/α-hetero) is 1. The normalized spacial score (nSPS) is 13.6. The molecule has 1 aliphatic rings. The van der Waals surface area contributed by atoms with Crippen LogP contribution >= 0.6 is 0 Å². The van der Waals surface area contributed by atoms with Gasteiger partial charge in [-0.3, -0.25) is 9.89 Å². The molecule has 0 bridgehead atoms. The van der Waals surface area contributed by atoms with Gasteiger partial charge in [0.2, 0.25) is 0 Å². The molecule has 7 heteroatoms. The molecule has 0 spiro atoms. The summed E-state index contributed by atoms with van der Waals surface area (Å²) in [5.74, 6) is -0.719. The molecule has 0 saturated heterocycles. The third-order valence-corrected chi connectivity index (χ3v) is 6.46. The van der Waals surface area contributed by atoms with E-state index in [9.17, 15) is 14.7 Å². The van der Waals surface area contributed by atoms with Gasteiger partial charge in [-0.2, -0.15) is 5.10 Å². The Balaban J connectivity index is 0.000000178. The lowest BCUT2D eigenvalue weighted by Gasteiger charge is -2.15. The van der Waals surface area contributed by atoms with Crippen LogP contribution in [0.1, 0.15) is 48.7 Å². The van der Waals surface area contributed by atoms with E-state index in [1.807, 2.05) is 54.7 Å². The molecule has 3 heterocycles. The van der Waals surface area contributed by atoms with Crippen LogP contribution in [-0.4, -0.2) is 37.0 Å². The van der Waals surface area contributed by atoms with Gasteiger partial charge in [-0.15, -0.1) is 0 Å². The van der Waals surface area contributed by atoms with Crippen molar-refractivity contribution in [2.24, 2.45) is 0 Å². The van der Waals surface area contributed by atoms with Crippen LogP contribution in [0.25, 0.3) is 38.6 Å². The molecular formula is C28H26N4O3. The molecule has 5 aromatic rings. The van der Waals surface area contributed by atoms with Crippen LogP contribution in [0, 0.1) is 0 Å². The number of benzene rings is 2. The first-order valence-electron chi connectivity index (χ1n) is 11.7. The lowest BCUT2D eigenvalue weighted by molar-refractivity contribution is -0.132. The number of nitrogens with zero attached hydrogens (tertiary/aromatic N) is 1. The summed E-state index contributed by atoms with van der Waals surface area (Å²) in [4.78, 5) is 28.8. The van der Waals surface area contributed by atoms with Gasteiger partial charge in [-0.25, -0.2) is 4.79 Å². The zero-order valence-electron chi connectivity index (χ0n) is 19.4. The van der Waals surface area contributed by atoms with Crippen molar-refractivity contribution in [3.05, 3.63) is 83.8 Å². The van der Waals surface area contributed by atoms with Crippen molar-refractivity contribution < 1.29 is 14.7 Å². The molecule has 4 N–H and O–H groups in total. The van der Waals surface area contributed by atoms with Gasteiger partial charge < -0.3 is 15.1 Å². The smallest absolute Gasteiger partial charge is 0.331 e. The molecule has 0 radical (unpaired) electrons. The van der Waals surface area contributed by atoms with Gasteiger partial charge in [-0.1, -0.05) is 36.4 Å². The number of nitrogens with one attached hydrogen (secondary N) is 3. The zero-order valence-corrected chi connectivity index (χ0v) is 19.4. The van der Waals surface area contributed by atoms with Crippen LogP contribution in [0.3, 0.4) is 0 Å². The molecule has 6 rings (SSSR count). The summed E-state index contributed by atoms with van der Waals surface area (Å²) >= 11 is 0. The van der Waals surface area contributed by atoms with E-state index in [0.29, 0.717) is 12.0 Å². The van der Waals surface area contributed by atoms with Crippen LogP contribution in [0.5, 0.6) is 0 Å². The monoisotopic (exact) mass is 466 g/mol. The molecule has 0 amide bonds. The highest BCUT2D eigenvalue weighted by Gasteiger charge is 2.22. The molecule has 2 aromatic carbocycles. The Morgan fingerprint density at radius 1 is 0.886 bits per heavy atom. The number of aromatic nitrogens is 4. The standard InChI is InChI=1S/C18H17N3O2.C10H9NO/c22-18(23)13-7-2-1-5-11(13)16-9-17(21-20-16)14-10-19-15-8-4-3-6-12(14)15;1-7(12)9-6-11-10-5-3-2-4-8(9)10/h3-4,6,8-10,19H,1-2,5,7H2,(H,20,21)(H,22,23);2-6,11H,1H3. The number of hydrogen-bond acceptors (Lipinski definition) is 3. The van der Waals surface area contributed by atoms with E-state index in [-0.39, 0.29) is 5.78 Å². The molecule has 35 heavy (non-hydrogen) atoms. The van der Waals surface area contributed by atoms with Crippen LogP contribution in [0.2, 0.25) is 0 Å². The van der Waals surface area contributed by atoms with Gasteiger partial charge in [0.1, 0.15) is 0 Å². The van der Waals surface area contributed by atoms with E-state index in [0.717, 1.165) is 69.2 Å². The van der Waals surface area contributed by atoms with Crippen molar-refractivity contribution in [2.45, 2.75) is 32.6 Å². The first kappa shape index (κ1) is 22.4. The Morgan fingerprint density at radius 3 is 2.29 bits per heavy atom. The van der Waals surface area contributed by atoms with E-state index < -0.39 is 5.97 Å². The highest BCUT2D eigenvalue weighted by Crippen LogP contribution is 2.34. The quantitative estimate of drug-likeness (QED) is 0.231. The fourth-order valence-corrected chi connectivity index (χ4v) is 4.70. The third kappa shape index (κ3) is 4.40. The number of carboxylic acids is 1. The minimum absolute atomic E-state index is 0.104. The van der Waals surface area contributed by atoms with Crippen molar-refractivity contribution >= 4 is 39.1 Å². The lowest BCUT2D eigenvalue weighted by atomic mass is 9.89. The fraction of sp³-hybridized carbons (Fsp3) is 0.179. The predicted octanol–water partition coefficient (Wildman–Crippen LogP) is 6.34. The Hall–Kier alpha value is -4.39. The van der Waals surface area contributed by atoms with Crippen LogP contribution in [0.4, 0.5) is 0 Å². The second-order valence-corrected chi connectivity index (χ2v) is 8.69. The third-order valence-electron chi connectivity index (χ3n) is 6.46. The SMILES string of the molecule is CC(=O)c1c[nH]c2ccccc12.O=C(O)C1=C(c2cc(-c3c[nH]c4ccccc34)[nH]n2)CCCC1. The van der Waals surface area contributed by atoms with Gasteiger partial charge in [0, 0.05) is 50.9 Å². The second kappa shape index (κ2) is 9.46. The number of carbonyl (C=O) groups is 2. The van der Waals surface area contributed by atoms with Crippen molar-refractivity contribution in [3.8, 4) is 11.3 Å². The van der Waals surface area contributed by atoms with E-state index in [1.54, 1.807) is 13.1 Å². The molecule has 7 nitrogen and oxygen atoms in total. The average molecular weight is 467 g/mol. The number of ketones is 1. The zero-order chi connectivity index (χ0) is 24.4. The van der Waals surface area contributed by atoms with Crippen LogP contribution in [-0.2, 0) is 4.79 Å². The number of rotatable bonds is 4. The summed E-state index contributed by atoms with van der Waals surface area (Å²) < 4.78 is 0. The Kier molecular flexibility index (Phi) is 6.06. The van der Waals surface area contributed by atoms with Gasteiger partial charge in [0.25, 0.3) is 0 Å². The maximum atomic E-state index is 11.4. The summed E-state index contributed by atoms with van der Waals surface area (Å²) in [6.07, 6.45) is 7.06. The van der Waals surface area contributed by atoms with Gasteiger partial charge in [0.15, 0.2) is 5.78 Å². The molecule has 0 saturated carbocycles. The molecule has 176 valence electrons.